The van der Waals surface area contributed by atoms with Crippen molar-refractivity contribution in [3.8, 4) is 16.5 Å². The van der Waals surface area contributed by atoms with Gasteiger partial charge in [-0.05, 0) is 61.6 Å². The first kappa shape index (κ1) is 26.0. The highest BCUT2D eigenvalue weighted by Crippen LogP contribution is 2.41. The van der Waals surface area contributed by atoms with Gasteiger partial charge in [0.05, 0.1) is 29.4 Å². The molecule has 8 nitrogen and oxygen atoms in total. The number of nitriles is 1. The molecule has 188 valence electrons. The molecule has 0 radical (unpaired) electrons. The number of hydrogen-bond acceptors (Lipinski definition) is 8. The van der Waals surface area contributed by atoms with Crippen LogP contribution in [0.25, 0.3) is 16.0 Å². The van der Waals surface area contributed by atoms with Crippen LogP contribution in [0.5, 0.6) is 0 Å². The van der Waals surface area contributed by atoms with Crippen LogP contribution in [0.4, 0.5) is 0 Å². The van der Waals surface area contributed by atoms with Gasteiger partial charge in [-0.15, -0.1) is 11.3 Å². The lowest BCUT2D eigenvalue weighted by Gasteiger charge is -2.16. The largest absolute Gasteiger partial charge is 0.482 e. The molecule has 1 heterocycles. The summed E-state index contributed by atoms with van der Waals surface area (Å²) < 4.78 is 33.2. The Balaban J connectivity index is 1.59. The molecule has 0 aliphatic heterocycles. The number of ether oxygens (including phenoxy) is 1. The first-order valence-corrected chi connectivity index (χ1v) is 14.0. The Bertz CT molecular complexity index is 1420. The lowest BCUT2D eigenvalue weighted by molar-refractivity contribution is 0.112. The van der Waals surface area contributed by atoms with E-state index < -0.39 is 34.5 Å². The van der Waals surface area contributed by atoms with Crippen molar-refractivity contribution in [2.24, 2.45) is 0 Å². The van der Waals surface area contributed by atoms with Gasteiger partial charge in [0.1, 0.15) is 16.6 Å². The summed E-state index contributed by atoms with van der Waals surface area (Å²) in [5, 5.41) is 28.9. The lowest BCUT2D eigenvalue weighted by Crippen LogP contribution is -2.35. The second kappa shape index (κ2) is 10.9. The Morgan fingerprint density at radius 1 is 1.39 bits per heavy atom. The maximum Gasteiger partial charge on any atom is 0.214 e. The minimum absolute atomic E-state index is 0.0844. The molecule has 0 amide bonds. The van der Waals surface area contributed by atoms with Crippen molar-refractivity contribution in [2.75, 3.05) is 12.4 Å². The topological polar surface area (TPSA) is 133 Å². The summed E-state index contributed by atoms with van der Waals surface area (Å²) in [5.74, 6) is -0.148. The Morgan fingerprint density at radius 3 is 2.92 bits per heavy atom. The fourth-order valence-electron chi connectivity index (χ4n) is 4.21. The first-order chi connectivity index (χ1) is 17.2. The normalized spacial score (nSPS) is 18.1. The zero-order valence-corrected chi connectivity index (χ0v) is 21.6. The summed E-state index contributed by atoms with van der Waals surface area (Å²) in [4.78, 5) is 5.53. The Kier molecular flexibility index (Phi) is 7.91. The number of hydrogen-bond donors (Lipinski definition) is 3. The van der Waals surface area contributed by atoms with Crippen LogP contribution in [0.3, 0.4) is 0 Å². The molecule has 0 fully saturated rings. The molecule has 2 aliphatic rings. The Morgan fingerprint density at radius 2 is 2.19 bits per heavy atom. The number of nitrogens with one attached hydrogen (secondary N) is 1. The molecule has 3 N–H and O–H groups in total. The molecule has 0 saturated heterocycles. The van der Waals surface area contributed by atoms with E-state index in [1.165, 1.54) is 11.3 Å². The summed E-state index contributed by atoms with van der Waals surface area (Å²) in [7, 11) is -3.76. The highest BCUT2D eigenvalue weighted by molar-refractivity contribution is 7.89. The molecular formula is C26H27N3O5S2. The van der Waals surface area contributed by atoms with Gasteiger partial charge in [0.2, 0.25) is 10.0 Å². The van der Waals surface area contributed by atoms with Gasteiger partial charge >= 0.3 is 0 Å². The average Bonchev–Trinajstić information content (AvgIpc) is 3.42. The van der Waals surface area contributed by atoms with Crippen LogP contribution in [0.2, 0.25) is 0 Å². The molecule has 0 bridgehead atoms. The van der Waals surface area contributed by atoms with Gasteiger partial charge in [-0.25, -0.2) is 18.1 Å². The summed E-state index contributed by atoms with van der Waals surface area (Å²) in [6, 6.07) is 7.58. The van der Waals surface area contributed by atoms with Crippen LogP contribution in [-0.2, 0) is 21.2 Å². The first-order valence-electron chi connectivity index (χ1n) is 11.5. The number of thiazole rings is 1. The van der Waals surface area contributed by atoms with E-state index >= 15 is 0 Å². The van der Waals surface area contributed by atoms with E-state index in [0.29, 0.717) is 24.2 Å². The van der Waals surface area contributed by atoms with Gasteiger partial charge in [0, 0.05) is 17.8 Å². The number of rotatable bonds is 9. The van der Waals surface area contributed by atoms with E-state index in [9.17, 15) is 18.8 Å². The quantitative estimate of drug-likeness (QED) is 0.428. The van der Waals surface area contributed by atoms with Crippen molar-refractivity contribution in [1.82, 2.24) is 9.71 Å². The van der Waals surface area contributed by atoms with Gasteiger partial charge < -0.3 is 14.9 Å². The maximum absolute atomic E-state index is 12.4. The lowest BCUT2D eigenvalue weighted by atomic mass is 10.0. The summed E-state index contributed by atoms with van der Waals surface area (Å²) in [5.41, 5.74) is 7.11. The zero-order valence-electron chi connectivity index (χ0n) is 19.9. The van der Waals surface area contributed by atoms with Crippen molar-refractivity contribution in [3.05, 3.63) is 75.8 Å². The highest BCUT2D eigenvalue weighted by Gasteiger charge is 2.30. The fraction of sp³-hybridized carbons (Fsp3) is 0.346. The third-order valence-electron chi connectivity index (χ3n) is 5.73. The van der Waals surface area contributed by atoms with Crippen molar-refractivity contribution in [3.63, 3.8) is 0 Å². The molecule has 2 aromatic rings. The number of benzene rings is 1. The highest BCUT2D eigenvalue weighted by atomic mass is 32.2. The molecule has 0 saturated carbocycles. The van der Waals surface area contributed by atoms with Gasteiger partial charge in [0.25, 0.3) is 0 Å². The van der Waals surface area contributed by atoms with Crippen LogP contribution >= 0.6 is 11.3 Å². The average molecular weight is 526 g/mol. The zero-order chi connectivity index (χ0) is 25.9. The van der Waals surface area contributed by atoms with E-state index in [0.717, 1.165) is 32.1 Å². The second-order valence-electron chi connectivity index (χ2n) is 8.83. The van der Waals surface area contributed by atoms with Crippen LogP contribution in [0.15, 0.2) is 59.7 Å². The summed E-state index contributed by atoms with van der Waals surface area (Å²) >= 11 is 1.49. The Hall–Kier alpha value is -3.03. The molecule has 4 rings (SSSR count). The van der Waals surface area contributed by atoms with Crippen LogP contribution in [0, 0.1) is 11.3 Å². The number of allylic oxidation sites excluding steroid dienone is 4. The summed E-state index contributed by atoms with van der Waals surface area (Å²) in [6.07, 6.45) is 6.99. The SMILES string of the molecule is CC(C)OC1=C=CC=C(c2ncc(-c3cccc4c3CCC4NS(=O)(=O)CC(O)CO)s2)C=C1C#N. The molecule has 2 atom stereocenters. The second-order valence-corrected chi connectivity index (χ2v) is 11.7. The van der Waals surface area contributed by atoms with E-state index in [2.05, 4.69) is 21.5 Å². The van der Waals surface area contributed by atoms with Gasteiger partial charge in [-0.1, -0.05) is 23.9 Å². The standard InChI is InChI=1S/C26H27N3O5S2/c1-16(2)34-24-8-3-5-17(11-18(24)12-27)26-28-13-25(35-26)22-7-4-6-21-20(22)9-10-23(21)29-36(32,33)15-19(31)14-30/h3-7,11,13,16,19,23,29-31H,9-10,14-15H2,1-2H3. The van der Waals surface area contributed by atoms with E-state index in [4.69, 9.17) is 9.84 Å². The van der Waals surface area contributed by atoms with Crippen LogP contribution in [0.1, 0.15) is 42.4 Å². The Labute approximate surface area is 214 Å². The van der Waals surface area contributed by atoms with Gasteiger partial charge in [-0.2, -0.15) is 5.26 Å². The fourth-order valence-corrected chi connectivity index (χ4v) is 6.57. The molecular weight excluding hydrogens is 498 g/mol. The molecule has 2 unspecified atom stereocenters. The van der Waals surface area contributed by atoms with Crippen LogP contribution < -0.4 is 4.72 Å². The number of aliphatic hydroxyl groups excluding tert-OH is 2. The molecule has 1 aromatic heterocycles. The van der Waals surface area contributed by atoms with E-state index in [-0.39, 0.29) is 6.10 Å². The van der Waals surface area contributed by atoms with Crippen molar-refractivity contribution in [1.29, 1.82) is 5.26 Å². The smallest absolute Gasteiger partial charge is 0.214 e. The molecule has 36 heavy (non-hydrogen) atoms. The summed E-state index contributed by atoms with van der Waals surface area (Å²) in [6.45, 7) is 3.17. The number of aromatic nitrogens is 1. The number of fused-ring (bicyclic) bond motifs is 1. The molecule has 0 spiro atoms. The van der Waals surface area contributed by atoms with Crippen molar-refractivity contribution < 1.29 is 23.4 Å². The van der Waals surface area contributed by atoms with Gasteiger partial charge in [0.15, 0.2) is 5.76 Å². The monoisotopic (exact) mass is 525 g/mol. The van der Waals surface area contributed by atoms with Gasteiger partial charge in [-0.3, -0.25) is 0 Å². The van der Waals surface area contributed by atoms with E-state index in [1.54, 1.807) is 18.3 Å². The number of sulfonamides is 1. The van der Waals surface area contributed by atoms with E-state index in [1.807, 2.05) is 38.1 Å². The van der Waals surface area contributed by atoms with Crippen LogP contribution in [-0.4, -0.2) is 48.2 Å². The van der Waals surface area contributed by atoms with Crippen molar-refractivity contribution in [2.45, 2.75) is 44.9 Å². The number of nitrogens with zero attached hydrogens (tertiary/aromatic N) is 2. The maximum atomic E-state index is 12.4. The van der Waals surface area contributed by atoms with Crippen molar-refractivity contribution >= 4 is 26.9 Å². The number of aliphatic hydroxyl groups is 2. The molecule has 1 aromatic carbocycles. The third kappa shape index (κ3) is 5.85. The molecule has 2 aliphatic carbocycles. The minimum Gasteiger partial charge on any atom is -0.482 e. The molecule has 10 heteroatoms. The predicted molar refractivity (Wildman–Crippen MR) is 138 cm³/mol. The minimum atomic E-state index is -3.76. The third-order valence-corrected chi connectivity index (χ3v) is 8.28. The predicted octanol–water partition coefficient (Wildman–Crippen LogP) is 3.38.